The highest BCUT2D eigenvalue weighted by Crippen LogP contribution is 2.27. The number of fused-ring (bicyclic) bond motifs is 1. The number of aromatic nitrogens is 1. The van der Waals surface area contributed by atoms with Crippen LogP contribution in [0, 0.1) is 0 Å². The molecule has 1 aliphatic carbocycles. The van der Waals surface area contributed by atoms with Crippen LogP contribution in [-0.2, 0) is 19.4 Å². The van der Waals surface area contributed by atoms with Gasteiger partial charge in [0.15, 0.2) is 0 Å². The fourth-order valence-electron chi connectivity index (χ4n) is 3.81. The van der Waals surface area contributed by atoms with Crippen LogP contribution in [0.5, 0.6) is 0 Å². The summed E-state index contributed by atoms with van der Waals surface area (Å²) in [6.45, 7) is 2.93. The van der Waals surface area contributed by atoms with Gasteiger partial charge in [-0.3, -0.25) is 14.7 Å². The number of nitrogens with one attached hydrogen (secondary N) is 1. The molecule has 0 spiro atoms. The number of benzene rings is 1. The summed E-state index contributed by atoms with van der Waals surface area (Å²) in [5.41, 5.74) is 4.77. The zero-order chi connectivity index (χ0) is 17.1. The first-order valence-electron chi connectivity index (χ1n) is 9.32. The summed E-state index contributed by atoms with van der Waals surface area (Å²) in [6.07, 6.45) is 9.71. The van der Waals surface area contributed by atoms with Crippen LogP contribution in [0.25, 0.3) is 0 Å². The molecular weight excluding hydrogens is 310 g/mol. The minimum Gasteiger partial charge on any atom is -0.348 e. The van der Waals surface area contributed by atoms with Gasteiger partial charge in [-0.15, -0.1) is 0 Å². The molecular formula is C21H25N3O. The first-order valence-corrected chi connectivity index (χ1v) is 9.32. The molecule has 0 saturated heterocycles. The third kappa shape index (κ3) is 3.74. The number of rotatable bonds is 4. The van der Waals surface area contributed by atoms with Crippen LogP contribution >= 0.6 is 0 Å². The molecule has 2 aromatic rings. The van der Waals surface area contributed by atoms with E-state index in [4.69, 9.17) is 0 Å². The Kier molecular flexibility index (Phi) is 4.79. The fraction of sp³-hybridized carbons (Fsp3) is 0.429. The summed E-state index contributed by atoms with van der Waals surface area (Å²) in [5.74, 6) is -0.0477. The van der Waals surface area contributed by atoms with Crippen LogP contribution in [-0.4, -0.2) is 34.9 Å². The second-order valence-corrected chi connectivity index (χ2v) is 7.14. The van der Waals surface area contributed by atoms with Crippen molar-refractivity contribution in [2.45, 2.75) is 44.7 Å². The van der Waals surface area contributed by atoms with Crippen LogP contribution in [0.3, 0.4) is 0 Å². The Morgan fingerprint density at radius 2 is 1.84 bits per heavy atom. The molecule has 4 heteroatoms. The number of carbonyl (C=O) groups is 1. The lowest BCUT2D eigenvalue weighted by Crippen LogP contribution is -2.41. The number of nitrogens with zero attached hydrogens (tertiary/aromatic N) is 2. The third-order valence-electron chi connectivity index (χ3n) is 5.59. The van der Waals surface area contributed by atoms with Crippen molar-refractivity contribution in [3.63, 3.8) is 0 Å². The molecule has 1 amide bonds. The second-order valence-electron chi connectivity index (χ2n) is 7.14. The molecule has 0 atom stereocenters. The highest BCUT2D eigenvalue weighted by Gasteiger charge is 2.26. The van der Waals surface area contributed by atoms with Gasteiger partial charge in [-0.05, 0) is 54.5 Å². The van der Waals surface area contributed by atoms with Gasteiger partial charge in [-0.2, -0.15) is 0 Å². The van der Waals surface area contributed by atoms with Crippen LogP contribution < -0.4 is 5.32 Å². The van der Waals surface area contributed by atoms with Crippen LogP contribution in [0.1, 0.15) is 46.3 Å². The summed E-state index contributed by atoms with van der Waals surface area (Å²) in [5, 5.41) is 3.01. The van der Waals surface area contributed by atoms with Gasteiger partial charge in [0.25, 0.3) is 5.91 Å². The average molecular weight is 335 g/mol. The van der Waals surface area contributed by atoms with Crippen LogP contribution in [0.2, 0.25) is 0 Å². The summed E-state index contributed by atoms with van der Waals surface area (Å²) in [7, 11) is 0. The lowest BCUT2D eigenvalue weighted by molar-refractivity contribution is 0.0951. The predicted octanol–water partition coefficient (Wildman–Crippen LogP) is 2.96. The van der Waals surface area contributed by atoms with Crippen molar-refractivity contribution in [3.05, 3.63) is 65.0 Å². The molecule has 4 nitrogen and oxygen atoms in total. The molecule has 0 unspecified atom stereocenters. The van der Waals surface area contributed by atoms with Crippen LogP contribution in [0.4, 0.5) is 0 Å². The molecule has 25 heavy (non-hydrogen) atoms. The second kappa shape index (κ2) is 7.36. The molecule has 130 valence electrons. The molecule has 1 N–H and O–H groups in total. The zero-order valence-corrected chi connectivity index (χ0v) is 14.6. The minimum absolute atomic E-state index is 0.0477. The van der Waals surface area contributed by atoms with Gasteiger partial charge in [0.2, 0.25) is 0 Å². The average Bonchev–Trinajstić information content (AvgIpc) is 2.81. The summed E-state index contributed by atoms with van der Waals surface area (Å²) < 4.78 is 0. The molecule has 2 aliphatic rings. The highest BCUT2D eigenvalue weighted by molar-refractivity contribution is 5.93. The first kappa shape index (κ1) is 16.3. The van der Waals surface area contributed by atoms with Crippen LogP contribution in [0.15, 0.2) is 42.7 Å². The molecule has 2 heterocycles. The van der Waals surface area contributed by atoms with E-state index in [0.717, 1.165) is 18.9 Å². The first-order chi connectivity index (χ1) is 12.3. The van der Waals surface area contributed by atoms with Gasteiger partial charge in [0.05, 0.1) is 0 Å². The van der Waals surface area contributed by atoms with E-state index in [1.165, 1.54) is 49.0 Å². The zero-order valence-electron chi connectivity index (χ0n) is 14.6. The van der Waals surface area contributed by atoms with E-state index in [1.54, 1.807) is 24.5 Å². The van der Waals surface area contributed by atoms with Crippen molar-refractivity contribution >= 4 is 5.91 Å². The van der Waals surface area contributed by atoms with Gasteiger partial charge in [0.1, 0.15) is 0 Å². The summed E-state index contributed by atoms with van der Waals surface area (Å²) in [4.78, 5) is 18.8. The Hall–Kier alpha value is -2.20. The molecule has 1 saturated carbocycles. The van der Waals surface area contributed by atoms with Crippen molar-refractivity contribution < 1.29 is 4.79 Å². The fourth-order valence-corrected chi connectivity index (χ4v) is 3.81. The van der Waals surface area contributed by atoms with Crippen molar-refractivity contribution in [2.75, 3.05) is 13.1 Å². The third-order valence-corrected chi connectivity index (χ3v) is 5.59. The van der Waals surface area contributed by atoms with E-state index >= 15 is 0 Å². The number of pyridine rings is 1. The highest BCUT2D eigenvalue weighted by atomic mass is 16.1. The number of hydrogen-bond donors (Lipinski definition) is 1. The SMILES string of the molecule is O=C(NCc1ccc2c(c1)CCN(C1CCC1)CC2)c1ccncc1. The molecule has 0 radical (unpaired) electrons. The molecule has 4 rings (SSSR count). The Bertz CT molecular complexity index is 740. The standard InChI is InChI=1S/C21H25N3O/c25-21(18-6-10-22-11-7-18)23-15-16-4-5-17-8-12-24(20-2-1-3-20)13-9-19(17)14-16/h4-7,10-11,14,20H,1-3,8-9,12-13,15H2,(H,23,25). The summed E-state index contributed by atoms with van der Waals surface area (Å²) >= 11 is 0. The molecule has 1 aromatic heterocycles. The molecule has 0 bridgehead atoms. The van der Waals surface area contributed by atoms with E-state index in [-0.39, 0.29) is 5.91 Å². The van der Waals surface area contributed by atoms with E-state index in [9.17, 15) is 4.79 Å². The maximum Gasteiger partial charge on any atom is 0.251 e. The van der Waals surface area contributed by atoms with Crippen molar-refractivity contribution in [1.29, 1.82) is 0 Å². The largest absolute Gasteiger partial charge is 0.348 e. The van der Waals surface area contributed by atoms with Gasteiger partial charge in [0, 0.05) is 43.6 Å². The maximum atomic E-state index is 12.2. The Balaban J connectivity index is 1.38. The van der Waals surface area contributed by atoms with Gasteiger partial charge in [-0.1, -0.05) is 24.6 Å². The molecule has 1 fully saturated rings. The lowest BCUT2D eigenvalue weighted by Gasteiger charge is -2.36. The van der Waals surface area contributed by atoms with Gasteiger partial charge < -0.3 is 5.32 Å². The number of hydrogen-bond acceptors (Lipinski definition) is 3. The monoisotopic (exact) mass is 335 g/mol. The smallest absolute Gasteiger partial charge is 0.251 e. The normalized spacial score (nSPS) is 18.1. The topological polar surface area (TPSA) is 45.2 Å². The Labute approximate surface area is 149 Å². The van der Waals surface area contributed by atoms with E-state index in [0.29, 0.717) is 12.1 Å². The number of carbonyl (C=O) groups excluding carboxylic acids is 1. The van der Waals surface area contributed by atoms with Gasteiger partial charge in [-0.25, -0.2) is 0 Å². The predicted molar refractivity (Wildman–Crippen MR) is 98.5 cm³/mol. The van der Waals surface area contributed by atoms with E-state index in [2.05, 4.69) is 33.4 Å². The summed E-state index contributed by atoms with van der Waals surface area (Å²) in [6, 6.07) is 11.0. The lowest BCUT2D eigenvalue weighted by atomic mass is 9.91. The quantitative estimate of drug-likeness (QED) is 0.934. The molecule has 1 aromatic carbocycles. The number of amides is 1. The van der Waals surface area contributed by atoms with Crippen molar-refractivity contribution in [3.8, 4) is 0 Å². The molecule has 1 aliphatic heterocycles. The Morgan fingerprint density at radius 1 is 1.08 bits per heavy atom. The van der Waals surface area contributed by atoms with E-state index < -0.39 is 0 Å². The minimum atomic E-state index is -0.0477. The van der Waals surface area contributed by atoms with Crippen molar-refractivity contribution in [2.24, 2.45) is 0 Å². The maximum absolute atomic E-state index is 12.2. The van der Waals surface area contributed by atoms with Gasteiger partial charge >= 0.3 is 0 Å². The van der Waals surface area contributed by atoms with E-state index in [1.807, 2.05) is 0 Å². The van der Waals surface area contributed by atoms with Crippen molar-refractivity contribution in [1.82, 2.24) is 15.2 Å². The Morgan fingerprint density at radius 3 is 2.56 bits per heavy atom.